The number of nitrogens with zero attached hydrogens (tertiary/aromatic N) is 1. The quantitative estimate of drug-likeness (QED) is 0.475. The Morgan fingerprint density at radius 2 is 1.88 bits per heavy atom. The monoisotopic (exact) mass is 441 g/mol. The minimum atomic E-state index is -0.344. The summed E-state index contributed by atoms with van der Waals surface area (Å²) in [6, 6.07) is 18.2. The zero-order valence-electron chi connectivity index (χ0n) is 18.6. The third-order valence-corrected chi connectivity index (χ3v) is 7.61. The van der Waals surface area contributed by atoms with E-state index in [-0.39, 0.29) is 17.3 Å². The van der Waals surface area contributed by atoms with E-state index in [1.807, 2.05) is 42.5 Å². The average molecular weight is 442 g/mol. The predicted octanol–water partition coefficient (Wildman–Crippen LogP) is 3.56. The van der Waals surface area contributed by atoms with Gasteiger partial charge in [-0.15, -0.1) is 0 Å². The van der Waals surface area contributed by atoms with E-state index in [0.29, 0.717) is 29.3 Å². The van der Waals surface area contributed by atoms with Gasteiger partial charge in [0.05, 0.1) is 18.0 Å². The van der Waals surface area contributed by atoms with Crippen LogP contribution in [0.1, 0.15) is 29.9 Å². The molecule has 2 heterocycles. The molecule has 4 aromatic rings. The molecule has 33 heavy (non-hydrogen) atoms. The van der Waals surface area contributed by atoms with Crippen molar-refractivity contribution in [1.29, 1.82) is 0 Å². The number of fused-ring (bicyclic) bond motifs is 5. The molecule has 6 rings (SSSR count). The molecule has 6 heteroatoms. The Bertz CT molecular complexity index is 1490. The Balaban J connectivity index is 1.33. The maximum absolute atomic E-state index is 13.3. The van der Waals surface area contributed by atoms with Crippen molar-refractivity contribution in [2.75, 3.05) is 13.7 Å². The zero-order valence-corrected chi connectivity index (χ0v) is 18.6. The Labute approximate surface area is 191 Å². The van der Waals surface area contributed by atoms with Crippen LogP contribution < -0.4 is 21.3 Å². The summed E-state index contributed by atoms with van der Waals surface area (Å²) in [5.41, 5.74) is 2.68. The van der Waals surface area contributed by atoms with Gasteiger partial charge >= 0.3 is 5.69 Å². The van der Waals surface area contributed by atoms with Gasteiger partial charge in [-0.3, -0.25) is 9.36 Å². The highest BCUT2D eigenvalue weighted by molar-refractivity contribution is 5.95. The van der Waals surface area contributed by atoms with Gasteiger partial charge in [0.15, 0.2) is 0 Å². The summed E-state index contributed by atoms with van der Waals surface area (Å²) < 4.78 is 6.98. The highest BCUT2D eigenvalue weighted by atomic mass is 16.5. The first kappa shape index (κ1) is 20.2. The first-order valence-corrected chi connectivity index (χ1v) is 11.7. The molecule has 6 nitrogen and oxygen atoms in total. The van der Waals surface area contributed by atoms with Crippen molar-refractivity contribution in [2.45, 2.75) is 37.8 Å². The zero-order chi connectivity index (χ0) is 22.5. The summed E-state index contributed by atoms with van der Waals surface area (Å²) in [5.74, 6) is 1.92. The second-order valence-corrected chi connectivity index (χ2v) is 9.29. The molecular weight excluding hydrogens is 414 g/mol. The van der Waals surface area contributed by atoms with Crippen LogP contribution in [0.3, 0.4) is 0 Å². The lowest BCUT2D eigenvalue weighted by molar-refractivity contribution is 0.371. The van der Waals surface area contributed by atoms with E-state index >= 15 is 0 Å². The van der Waals surface area contributed by atoms with E-state index in [9.17, 15) is 9.59 Å². The SMILES string of the molecule is COc1cccc2c1CC[C@H]1CNC(CCn3c(=O)[nH]c4cc5ccccc5cc4c3=O)[C@@H]21. The summed E-state index contributed by atoms with van der Waals surface area (Å²) in [7, 11) is 1.73. The van der Waals surface area contributed by atoms with Crippen LogP contribution in [-0.2, 0) is 13.0 Å². The molecule has 3 aromatic carbocycles. The number of hydrogen-bond donors (Lipinski definition) is 2. The standard InChI is InChI=1S/C27H27N3O3/c1-33-24-8-4-7-20-19(24)10-9-18-15-28-22(25(18)20)11-12-30-26(31)21-13-16-5-2-3-6-17(16)14-23(21)29-27(30)32/h2-8,13-14,18,22,25,28H,9-12,15H2,1H3,(H,29,32)/t18-,22?,25+/m0/s1. The van der Waals surface area contributed by atoms with E-state index in [1.54, 1.807) is 7.11 Å². The lowest BCUT2D eigenvalue weighted by atomic mass is 9.73. The molecule has 2 aliphatic rings. The lowest BCUT2D eigenvalue weighted by Crippen LogP contribution is -2.38. The van der Waals surface area contributed by atoms with Crippen molar-refractivity contribution >= 4 is 21.7 Å². The summed E-state index contributed by atoms with van der Waals surface area (Å²) in [4.78, 5) is 29.0. The molecule has 0 bridgehead atoms. The van der Waals surface area contributed by atoms with Gasteiger partial charge in [0.2, 0.25) is 0 Å². The van der Waals surface area contributed by atoms with E-state index < -0.39 is 0 Å². The number of nitrogens with one attached hydrogen (secondary N) is 2. The second kappa shape index (κ2) is 7.89. The minimum absolute atomic E-state index is 0.222. The van der Waals surface area contributed by atoms with E-state index in [0.717, 1.165) is 42.3 Å². The van der Waals surface area contributed by atoms with Crippen LogP contribution in [-0.4, -0.2) is 29.2 Å². The van der Waals surface area contributed by atoms with Crippen LogP contribution in [0, 0.1) is 5.92 Å². The van der Waals surface area contributed by atoms with Crippen LogP contribution in [0.4, 0.5) is 0 Å². The van der Waals surface area contributed by atoms with Crippen LogP contribution >= 0.6 is 0 Å². The summed E-state index contributed by atoms with van der Waals surface area (Å²) in [5, 5.41) is 6.23. The minimum Gasteiger partial charge on any atom is -0.496 e. The summed E-state index contributed by atoms with van der Waals surface area (Å²) in [6.07, 6.45) is 2.89. The summed E-state index contributed by atoms with van der Waals surface area (Å²) in [6.45, 7) is 1.36. The smallest absolute Gasteiger partial charge is 0.328 e. The predicted molar refractivity (Wildman–Crippen MR) is 130 cm³/mol. The molecule has 0 radical (unpaired) electrons. The van der Waals surface area contributed by atoms with Crippen LogP contribution in [0.2, 0.25) is 0 Å². The van der Waals surface area contributed by atoms with Gasteiger partial charge in [-0.05, 0) is 71.8 Å². The number of methoxy groups -OCH3 is 1. The second-order valence-electron chi connectivity index (χ2n) is 9.29. The summed E-state index contributed by atoms with van der Waals surface area (Å²) >= 11 is 0. The van der Waals surface area contributed by atoms with E-state index in [4.69, 9.17) is 4.74 Å². The van der Waals surface area contributed by atoms with Crippen molar-refractivity contribution in [1.82, 2.24) is 14.9 Å². The van der Waals surface area contributed by atoms with Crippen molar-refractivity contribution in [3.8, 4) is 5.75 Å². The molecule has 0 amide bonds. The number of hydrogen-bond acceptors (Lipinski definition) is 4. The normalized spacial score (nSPS) is 21.8. The van der Waals surface area contributed by atoms with Gasteiger partial charge in [0.25, 0.3) is 5.56 Å². The molecule has 0 saturated carbocycles. The maximum atomic E-state index is 13.3. The fourth-order valence-electron chi connectivity index (χ4n) is 6.01. The van der Waals surface area contributed by atoms with Crippen molar-refractivity contribution in [2.24, 2.45) is 5.92 Å². The lowest BCUT2D eigenvalue weighted by Gasteiger charge is -2.32. The molecule has 1 aliphatic carbocycles. The molecule has 1 aliphatic heterocycles. The number of ether oxygens (including phenoxy) is 1. The van der Waals surface area contributed by atoms with Gasteiger partial charge in [-0.2, -0.15) is 0 Å². The molecule has 2 N–H and O–H groups in total. The number of rotatable bonds is 4. The highest BCUT2D eigenvalue weighted by Gasteiger charge is 2.40. The Morgan fingerprint density at radius 3 is 2.70 bits per heavy atom. The van der Waals surface area contributed by atoms with Gasteiger partial charge in [0.1, 0.15) is 5.75 Å². The molecule has 168 valence electrons. The van der Waals surface area contributed by atoms with Crippen molar-refractivity contribution < 1.29 is 4.74 Å². The van der Waals surface area contributed by atoms with Crippen LogP contribution in [0.15, 0.2) is 64.2 Å². The number of aromatic nitrogens is 2. The van der Waals surface area contributed by atoms with Crippen molar-refractivity contribution in [3.63, 3.8) is 0 Å². The Hall–Kier alpha value is -3.38. The van der Waals surface area contributed by atoms with Crippen molar-refractivity contribution in [3.05, 3.63) is 86.6 Å². The average Bonchev–Trinajstić information content (AvgIpc) is 3.26. The molecule has 0 spiro atoms. The van der Waals surface area contributed by atoms with Crippen LogP contribution in [0.25, 0.3) is 21.7 Å². The first-order chi connectivity index (χ1) is 16.1. The molecule has 1 fully saturated rings. The highest BCUT2D eigenvalue weighted by Crippen LogP contribution is 2.45. The third-order valence-electron chi connectivity index (χ3n) is 7.61. The molecule has 1 unspecified atom stereocenters. The largest absolute Gasteiger partial charge is 0.496 e. The van der Waals surface area contributed by atoms with Gasteiger partial charge in [-0.1, -0.05) is 36.4 Å². The number of aromatic amines is 1. The third kappa shape index (κ3) is 3.28. The van der Waals surface area contributed by atoms with E-state index in [1.165, 1.54) is 15.7 Å². The maximum Gasteiger partial charge on any atom is 0.328 e. The first-order valence-electron chi connectivity index (χ1n) is 11.7. The number of benzene rings is 3. The number of H-pyrrole nitrogens is 1. The van der Waals surface area contributed by atoms with Gasteiger partial charge in [0, 0.05) is 18.5 Å². The van der Waals surface area contributed by atoms with Gasteiger partial charge < -0.3 is 15.0 Å². The molecule has 1 aromatic heterocycles. The molecule has 1 saturated heterocycles. The van der Waals surface area contributed by atoms with Gasteiger partial charge in [-0.25, -0.2) is 4.79 Å². The molecular formula is C27H27N3O3. The molecule has 3 atom stereocenters. The fourth-order valence-corrected chi connectivity index (χ4v) is 6.01. The Morgan fingerprint density at radius 1 is 1.06 bits per heavy atom. The van der Waals surface area contributed by atoms with Crippen LogP contribution in [0.5, 0.6) is 5.75 Å². The Kier molecular flexibility index (Phi) is 4.84. The fraction of sp³-hybridized carbons (Fsp3) is 0.333. The topological polar surface area (TPSA) is 76.1 Å². The van der Waals surface area contributed by atoms with E-state index in [2.05, 4.69) is 22.4 Å².